The van der Waals surface area contributed by atoms with E-state index in [9.17, 15) is 9.18 Å². The number of carbonyl (C=O) groups excluding carboxylic acids is 1. The van der Waals surface area contributed by atoms with Crippen LogP contribution in [0.25, 0.3) is 0 Å². The van der Waals surface area contributed by atoms with Gasteiger partial charge < -0.3 is 15.0 Å². The van der Waals surface area contributed by atoms with E-state index >= 15 is 0 Å². The largest absolute Gasteiger partial charge is 0.496 e. The summed E-state index contributed by atoms with van der Waals surface area (Å²) in [7, 11) is 5.62. The first-order valence-corrected chi connectivity index (χ1v) is 8.81. The van der Waals surface area contributed by atoms with E-state index in [2.05, 4.69) is 10.2 Å². The highest BCUT2D eigenvalue weighted by molar-refractivity contribution is 5.91. The zero-order valence-corrected chi connectivity index (χ0v) is 15.5. The van der Waals surface area contributed by atoms with Crippen LogP contribution < -0.4 is 10.1 Å². The predicted octanol–water partition coefficient (Wildman–Crippen LogP) is 3.29. The molecule has 0 saturated heterocycles. The second-order valence-electron chi connectivity index (χ2n) is 7.02. The standard InChI is InChI=1S/C21H25FN2O2/c1-24(2)18(17-6-4-5-7-19(17)26-3)14-23-20(25)21(12-13-21)15-8-10-16(22)11-9-15/h4-11,18H,12-14H2,1-3H3,(H,23,25). The molecule has 1 N–H and O–H groups in total. The number of para-hydroxylation sites is 1. The molecule has 0 aliphatic heterocycles. The number of benzene rings is 2. The van der Waals surface area contributed by atoms with Gasteiger partial charge in [-0.05, 0) is 50.7 Å². The molecule has 1 unspecified atom stereocenters. The lowest BCUT2D eigenvalue weighted by Gasteiger charge is -2.27. The molecule has 1 saturated carbocycles. The van der Waals surface area contributed by atoms with E-state index in [1.165, 1.54) is 12.1 Å². The summed E-state index contributed by atoms with van der Waals surface area (Å²) in [6.45, 7) is 0.481. The van der Waals surface area contributed by atoms with Gasteiger partial charge in [0.05, 0.1) is 18.6 Å². The van der Waals surface area contributed by atoms with Crippen molar-refractivity contribution in [2.75, 3.05) is 27.7 Å². The molecule has 1 fully saturated rings. The fourth-order valence-electron chi connectivity index (χ4n) is 3.41. The Labute approximate surface area is 154 Å². The molecule has 5 heteroatoms. The molecule has 0 bridgehead atoms. The van der Waals surface area contributed by atoms with Crippen molar-refractivity contribution >= 4 is 5.91 Å². The van der Waals surface area contributed by atoms with E-state index in [0.29, 0.717) is 6.54 Å². The molecule has 1 amide bonds. The monoisotopic (exact) mass is 356 g/mol. The summed E-state index contributed by atoms with van der Waals surface area (Å²) in [6.07, 6.45) is 1.59. The Bertz CT molecular complexity index is 770. The van der Waals surface area contributed by atoms with Crippen LogP contribution in [0.15, 0.2) is 48.5 Å². The number of halogens is 1. The second kappa shape index (κ2) is 7.46. The number of hydrogen-bond donors (Lipinski definition) is 1. The average molecular weight is 356 g/mol. The first-order chi connectivity index (χ1) is 12.5. The number of methoxy groups -OCH3 is 1. The Morgan fingerprint density at radius 2 is 1.85 bits per heavy atom. The van der Waals surface area contributed by atoms with Crippen LogP contribution in [0.4, 0.5) is 4.39 Å². The maximum absolute atomic E-state index is 13.2. The minimum absolute atomic E-state index is 0.000817. The molecule has 2 aromatic rings. The quantitative estimate of drug-likeness (QED) is 0.828. The molecule has 1 aliphatic carbocycles. The van der Waals surface area contributed by atoms with Crippen molar-refractivity contribution in [1.29, 1.82) is 0 Å². The number of amides is 1. The van der Waals surface area contributed by atoms with Crippen molar-refractivity contribution in [1.82, 2.24) is 10.2 Å². The summed E-state index contributed by atoms with van der Waals surface area (Å²) < 4.78 is 18.6. The summed E-state index contributed by atoms with van der Waals surface area (Å²) in [5.41, 5.74) is 1.41. The topological polar surface area (TPSA) is 41.6 Å². The summed E-state index contributed by atoms with van der Waals surface area (Å²) in [6, 6.07) is 14.1. The van der Waals surface area contributed by atoms with Crippen molar-refractivity contribution in [3.8, 4) is 5.75 Å². The third-order valence-electron chi connectivity index (χ3n) is 5.16. The molecule has 0 heterocycles. The molecule has 0 aromatic heterocycles. The summed E-state index contributed by atoms with van der Waals surface area (Å²) in [5.74, 6) is 0.528. The molecule has 1 aliphatic rings. The number of ether oxygens (including phenoxy) is 1. The number of carbonyl (C=O) groups is 1. The van der Waals surface area contributed by atoms with Gasteiger partial charge in [-0.3, -0.25) is 4.79 Å². The minimum atomic E-state index is -0.509. The lowest BCUT2D eigenvalue weighted by Crippen LogP contribution is -2.40. The van der Waals surface area contributed by atoms with E-state index in [0.717, 1.165) is 29.7 Å². The zero-order valence-electron chi connectivity index (χ0n) is 15.5. The van der Waals surface area contributed by atoms with Gasteiger partial charge in [0.2, 0.25) is 5.91 Å². The van der Waals surface area contributed by atoms with Gasteiger partial charge in [-0.2, -0.15) is 0 Å². The number of rotatable bonds is 7. The fraction of sp³-hybridized carbons (Fsp3) is 0.381. The Kier molecular flexibility index (Phi) is 5.28. The van der Waals surface area contributed by atoms with Crippen molar-refractivity contribution in [2.24, 2.45) is 0 Å². The summed E-state index contributed by atoms with van der Waals surface area (Å²) >= 11 is 0. The van der Waals surface area contributed by atoms with E-state index in [1.807, 2.05) is 38.4 Å². The molecule has 2 aromatic carbocycles. The summed E-state index contributed by atoms with van der Waals surface area (Å²) in [4.78, 5) is 14.9. The van der Waals surface area contributed by atoms with Gasteiger partial charge in [0.1, 0.15) is 11.6 Å². The van der Waals surface area contributed by atoms with Gasteiger partial charge in [-0.25, -0.2) is 4.39 Å². The Morgan fingerprint density at radius 1 is 1.19 bits per heavy atom. The second-order valence-corrected chi connectivity index (χ2v) is 7.02. The molecule has 138 valence electrons. The normalized spacial score (nSPS) is 16.2. The zero-order chi connectivity index (χ0) is 18.7. The Balaban J connectivity index is 1.73. The van der Waals surface area contributed by atoms with Gasteiger partial charge >= 0.3 is 0 Å². The first kappa shape index (κ1) is 18.4. The van der Waals surface area contributed by atoms with E-state index < -0.39 is 5.41 Å². The third-order valence-corrected chi connectivity index (χ3v) is 5.16. The third kappa shape index (κ3) is 3.58. The highest BCUT2D eigenvalue weighted by Crippen LogP contribution is 2.48. The molecule has 0 radical (unpaired) electrons. The average Bonchev–Trinajstić information content (AvgIpc) is 3.44. The van der Waals surface area contributed by atoms with Crippen LogP contribution in [0.1, 0.15) is 30.0 Å². The van der Waals surface area contributed by atoms with Crippen molar-refractivity contribution < 1.29 is 13.9 Å². The van der Waals surface area contributed by atoms with Crippen LogP contribution in [-0.2, 0) is 10.2 Å². The molecule has 3 rings (SSSR count). The molecular weight excluding hydrogens is 331 g/mol. The van der Waals surface area contributed by atoms with Crippen LogP contribution >= 0.6 is 0 Å². The highest BCUT2D eigenvalue weighted by atomic mass is 19.1. The number of nitrogens with zero attached hydrogens (tertiary/aromatic N) is 1. The number of hydrogen-bond acceptors (Lipinski definition) is 3. The fourth-order valence-corrected chi connectivity index (χ4v) is 3.41. The molecule has 26 heavy (non-hydrogen) atoms. The smallest absolute Gasteiger partial charge is 0.230 e. The first-order valence-electron chi connectivity index (χ1n) is 8.81. The van der Waals surface area contributed by atoms with Crippen LogP contribution in [0.3, 0.4) is 0 Å². The van der Waals surface area contributed by atoms with E-state index in [1.54, 1.807) is 19.2 Å². The summed E-state index contributed by atoms with van der Waals surface area (Å²) in [5, 5.41) is 3.10. The van der Waals surface area contributed by atoms with Gasteiger partial charge in [-0.1, -0.05) is 30.3 Å². The Morgan fingerprint density at radius 3 is 2.42 bits per heavy atom. The van der Waals surface area contributed by atoms with Crippen molar-refractivity contribution in [3.63, 3.8) is 0 Å². The molecule has 1 atom stereocenters. The van der Waals surface area contributed by atoms with E-state index in [4.69, 9.17) is 4.74 Å². The Hall–Kier alpha value is -2.40. The van der Waals surface area contributed by atoms with Gasteiger partial charge in [0.15, 0.2) is 0 Å². The molecule has 4 nitrogen and oxygen atoms in total. The van der Waals surface area contributed by atoms with Crippen molar-refractivity contribution in [2.45, 2.75) is 24.3 Å². The molecule has 0 spiro atoms. The van der Waals surface area contributed by atoms with Crippen LogP contribution in [0.5, 0.6) is 5.75 Å². The lowest BCUT2D eigenvalue weighted by atomic mass is 9.94. The van der Waals surface area contributed by atoms with Crippen LogP contribution in [0.2, 0.25) is 0 Å². The van der Waals surface area contributed by atoms with Gasteiger partial charge in [0, 0.05) is 12.1 Å². The van der Waals surface area contributed by atoms with Crippen LogP contribution in [-0.4, -0.2) is 38.6 Å². The van der Waals surface area contributed by atoms with Gasteiger partial charge in [-0.15, -0.1) is 0 Å². The van der Waals surface area contributed by atoms with Crippen molar-refractivity contribution in [3.05, 3.63) is 65.5 Å². The minimum Gasteiger partial charge on any atom is -0.496 e. The predicted molar refractivity (Wildman–Crippen MR) is 99.7 cm³/mol. The van der Waals surface area contributed by atoms with E-state index in [-0.39, 0.29) is 17.8 Å². The maximum Gasteiger partial charge on any atom is 0.230 e. The highest BCUT2D eigenvalue weighted by Gasteiger charge is 2.51. The number of nitrogens with one attached hydrogen (secondary N) is 1. The molecular formula is C21H25FN2O2. The SMILES string of the molecule is COc1ccccc1C(CNC(=O)C1(c2ccc(F)cc2)CC1)N(C)C. The maximum atomic E-state index is 13.2. The van der Waals surface area contributed by atoms with Gasteiger partial charge in [0.25, 0.3) is 0 Å². The number of likely N-dealkylation sites (N-methyl/N-ethyl adjacent to an activating group) is 1. The lowest BCUT2D eigenvalue weighted by molar-refractivity contribution is -0.123. The van der Waals surface area contributed by atoms with Crippen LogP contribution in [0, 0.1) is 5.82 Å².